The Labute approximate surface area is 188 Å². The summed E-state index contributed by atoms with van der Waals surface area (Å²) in [4.78, 5) is 27.6. The molecule has 0 spiro atoms. The predicted molar refractivity (Wildman–Crippen MR) is 123 cm³/mol. The standard InChI is InChI=1S/C25H33NO6/c1-6-7-8-31-19-13-16-12-17(14(2)3)20-22(18(16)11-15(19)4)26-24(27)21(25(28)29)23(20)32-10-9-30-5/h11,13-14,17H,6-10,12H2,1-5H3,(H,26,27)(H,28,29). The summed E-state index contributed by atoms with van der Waals surface area (Å²) < 4.78 is 17.0. The molecule has 0 radical (unpaired) electrons. The zero-order chi connectivity index (χ0) is 23.4. The average Bonchev–Trinajstić information content (AvgIpc) is 2.73. The molecule has 1 atom stereocenters. The van der Waals surface area contributed by atoms with Crippen LogP contribution < -0.4 is 15.0 Å². The van der Waals surface area contributed by atoms with Gasteiger partial charge in [-0.25, -0.2) is 4.79 Å². The molecule has 1 aromatic heterocycles. The maximum atomic E-state index is 12.8. The van der Waals surface area contributed by atoms with E-state index in [2.05, 4.69) is 31.8 Å². The van der Waals surface area contributed by atoms with Crippen molar-refractivity contribution in [1.29, 1.82) is 0 Å². The summed E-state index contributed by atoms with van der Waals surface area (Å²) in [7, 11) is 1.55. The summed E-state index contributed by atoms with van der Waals surface area (Å²) in [5, 5.41) is 9.76. The first-order valence-corrected chi connectivity index (χ1v) is 11.2. The molecule has 1 aliphatic rings. The molecule has 174 valence electrons. The van der Waals surface area contributed by atoms with Crippen LogP contribution in [0.15, 0.2) is 16.9 Å². The maximum Gasteiger partial charge on any atom is 0.345 e. The molecule has 2 aromatic rings. The molecule has 7 nitrogen and oxygen atoms in total. The van der Waals surface area contributed by atoms with Crippen LogP contribution in [-0.4, -0.2) is 43.0 Å². The number of carbonyl (C=O) groups is 1. The number of pyridine rings is 1. The van der Waals surface area contributed by atoms with E-state index >= 15 is 0 Å². The Morgan fingerprint density at radius 2 is 1.97 bits per heavy atom. The van der Waals surface area contributed by atoms with Crippen LogP contribution in [0.2, 0.25) is 0 Å². The quantitative estimate of drug-likeness (QED) is 0.523. The second-order valence-corrected chi connectivity index (χ2v) is 8.62. The van der Waals surface area contributed by atoms with E-state index in [1.54, 1.807) is 7.11 Å². The second kappa shape index (κ2) is 10.2. The highest BCUT2D eigenvalue weighted by atomic mass is 16.5. The molecular weight excluding hydrogens is 410 g/mol. The third-order valence-electron chi connectivity index (χ3n) is 6.00. The number of unbranched alkanes of at least 4 members (excludes halogenated alkanes) is 1. The lowest BCUT2D eigenvalue weighted by Crippen LogP contribution is -2.27. The number of aromatic nitrogens is 1. The number of rotatable bonds is 10. The summed E-state index contributed by atoms with van der Waals surface area (Å²) in [5.41, 5.74) is 3.30. The third kappa shape index (κ3) is 4.67. The van der Waals surface area contributed by atoms with Crippen LogP contribution in [0.25, 0.3) is 11.3 Å². The van der Waals surface area contributed by atoms with Gasteiger partial charge in [0.05, 0.1) is 18.9 Å². The van der Waals surface area contributed by atoms with E-state index in [1.807, 2.05) is 13.0 Å². The number of aromatic amines is 1. The normalized spacial score (nSPS) is 14.8. The smallest absolute Gasteiger partial charge is 0.345 e. The van der Waals surface area contributed by atoms with Crippen LogP contribution in [0.4, 0.5) is 0 Å². The van der Waals surface area contributed by atoms with Gasteiger partial charge in [-0.1, -0.05) is 27.2 Å². The van der Waals surface area contributed by atoms with Gasteiger partial charge in [0.2, 0.25) is 0 Å². The van der Waals surface area contributed by atoms with Gasteiger partial charge in [-0.15, -0.1) is 0 Å². The molecule has 0 saturated carbocycles. The van der Waals surface area contributed by atoms with E-state index in [9.17, 15) is 14.7 Å². The van der Waals surface area contributed by atoms with E-state index in [0.717, 1.165) is 40.8 Å². The number of H-pyrrole nitrogens is 1. The van der Waals surface area contributed by atoms with Gasteiger partial charge in [0.15, 0.2) is 5.56 Å². The number of methoxy groups -OCH3 is 1. The Morgan fingerprint density at radius 3 is 2.59 bits per heavy atom. The van der Waals surface area contributed by atoms with Gasteiger partial charge in [-0.2, -0.15) is 0 Å². The molecule has 32 heavy (non-hydrogen) atoms. The number of nitrogens with one attached hydrogen (secondary N) is 1. The fourth-order valence-corrected chi connectivity index (χ4v) is 4.25. The second-order valence-electron chi connectivity index (χ2n) is 8.62. The van der Waals surface area contributed by atoms with E-state index in [0.29, 0.717) is 25.3 Å². The lowest BCUT2D eigenvalue weighted by molar-refractivity contribution is 0.0686. The van der Waals surface area contributed by atoms with Gasteiger partial charge < -0.3 is 24.3 Å². The molecule has 0 fully saturated rings. The average molecular weight is 444 g/mol. The molecule has 0 saturated heterocycles. The van der Waals surface area contributed by atoms with Gasteiger partial charge in [0.25, 0.3) is 5.56 Å². The summed E-state index contributed by atoms with van der Waals surface area (Å²) in [6.45, 7) is 9.41. The Hall–Kier alpha value is -2.80. The van der Waals surface area contributed by atoms with Crippen molar-refractivity contribution in [2.24, 2.45) is 5.92 Å². The van der Waals surface area contributed by atoms with Crippen molar-refractivity contribution in [3.63, 3.8) is 0 Å². The minimum absolute atomic E-state index is 0.0174. The molecule has 1 aromatic carbocycles. The fraction of sp³-hybridized carbons (Fsp3) is 0.520. The monoisotopic (exact) mass is 443 g/mol. The van der Waals surface area contributed by atoms with Crippen molar-refractivity contribution >= 4 is 5.97 Å². The van der Waals surface area contributed by atoms with E-state index < -0.39 is 11.5 Å². The summed E-state index contributed by atoms with van der Waals surface area (Å²) in [6.07, 6.45) is 2.75. The van der Waals surface area contributed by atoms with Crippen molar-refractivity contribution in [2.75, 3.05) is 26.9 Å². The van der Waals surface area contributed by atoms with E-state index in [1.165, 1.54) is 0 Å². The van der Waals surface area contributed by atoms with Crippen molar-refractivity contribution < 1.29 is 24.1 Å². The summed E-state index contributed by atoms with van der Waals surface area (Å²) >= 11 is 0. The Kier molecular flexibility index (Phi) is 7.61. The van der Waals surface area contributed by atoms with Crippen LogP contribution in [-0.2, 0) is 11.2 Å². The molecule has 3 rings (SSSR count). The van der Waals surface area contributed by atoms with E-state index in [4.69, 9.17) is 14.2 Å². The van der Waals surface area contributed by atoms with Crippen molar-refractivity contribution in [3.05, 3.63) is 44.7 Å². The Balaban J connectivity index is 2.22. The largest absolute Gasteiger partial charge is 0.493 e. The minimum atomic E-state index is -1.30. The maximum absolute atomic E-state index is 12.8. The highest BCUT2D eigenvalue weighted by molar-refractivity contribution is 5.93. The first kappa shape index (κ1) is 23.9. The van der Waals surface area contributed by atoms with Crippen molar-refractivity contribution in [2.45, 2.75) is 52.9 Å². The van der Waals surface area contributed by atoms with Crippen LogP contribution in [0.1, 0.15) is 66.6 Å². The number of benzene rings is 1. The van der Waals surface area contributed by atoms with Crippen molar-refractivity contribution in [1.82, 2.24) is 4.98 Å². The van der Waals surface area contributed by atoms with Gasteiger partial charge in [-0.05, 0) is 54.9 Å². The van der Waals surface area contributed by atoms with Gasteiger partial charge in [-0.3, -0.25) is 4.79 Å². The number of carboxylic acids is 1. The molecule has 1 heterocycles. The summed E-state index contributed by atoms with van der Waals surface area (Å²) in [6, 6.07) is 4.08. The van der Waals surface area contributed by atoms with Crippen LogP contribution >= 0.6 is 0 Å². The number of hydrogen-bond acceptors (Lipinski definition) is 5. The SMILES string of the molecule is CCCCOc1cc2c(cc1C)-c1[nH]c(=O)c(C(=O)O)c(OCCOC)c1C(C(C)C)C2. The first-order valence-electron chi connectivity index (χ1n) is 11.2. The molecule has 0 amide bonds. The highest BCUT2D eigenvalue weighted by Crippen LogP contribution is 2.47. The number of aromatic carboxylic acids is 1. The third-order valence-corrected chi connectivity index (χ3v) is 6.00. The number of ether oxygens (including phenoxy) is 3. The molecule has 1 aliphatic carbocycles. The number of aryl methyl sites for hydroxylation is 1. The lowest BCUT2D eigenvalue weighted by Gasteiger charge is -2.32. The topological polar surface area (TPSA) is 97.9 Å². The van der Waals surface area contributed by atoms with Gasteiger partial charge in [0.1, 0.15) is 18.1 Å². The van der Waals surface area contributed by atoms with Gasteiger partial charge in [0, 0.05) is 18.2 Å². The fourth-order valence-electron chi connectivity index (χ4n) is 4.25. The molecule has 0 aliphatic heterocycles. The molecule has 2 N–H and O–H groups in total. The zero-order valence-corrected chi connectivity index (χ0v) is 19.5. The molecule has 0 bridgehead atoms. The van der Waals surface area contributed by atoms with Crippen LogP contribution in [0.3, 0.4) is 0 Å². The number of fused-ring (bicyclic) bond motifs is 3. The lowest BCUT2D eigenvalue weighted by atomic mass is 9.74. The Bertz CT molecular complexity index is 1040. The van der Waals surface area contributed by atoms with Gasteiger partial charge >= 0.3 is 5.97 Å². The first-order chi connectivity index (χ1) is 15.3. The zero-order valence-electron chi connectivity index (χ0n) is 19.5. The molecule has 1 unspecified atom stereocenters. The number of hydrogen-bond donors (Lipinski definition) is 2. The van der Waals surface area contributed by atoms with Crippen LogP contribution in [0.5, 0.6) is 11.5 Å². The molecule has 7 heteroatoms. The Morgan fingerprint density at radius 1 is 1.22 bits per heavy atom. The highest BCUT2D eigenvalue weighted by Gasteiger charge is 2.35. The molecular formula is C25H33NO6. The number of carboxylic acid groups (broad SMARTS) is 1. The van der Waals surface area contributed by atoms with E-state index in [-0.39, 0.29) is 29.8 Å². The van der Waals surface area contributed by atoms with Crippen molar-refractivity contribution in [3.8, 4) is 22.8 Å². The van der Waals surface area contributed by atoms with Crippen LogP contribution in [0, 0.1) is 12.8 Å². The minimum Gasteiger partial charge on any atom is -0.493 e. The summed E-state index contributed by atoms with van der Waals surface area (Å²) in [5.74, 6) is -0.116. The predicted octanol–water partition coefficient (Wildman–Crippen LogP) is 4.55.